The maximum atomic E-state index is 12.1. The molecule has 0 heterocycles. The van der Waals surface area contributed by atoms with Crippen molar-refractivity contribution in [3.8, 4) is 11.1 Å². The largest absolute Gasteiger partial charge is 0.478 e. The van der Waals surface area contributed by atoms with E-state index in [2.05, 4.69) is 0 Å². The molecule has 1 aliphatic carbocycles. The van der Waals surface area contributed by atoms with Crippen molar-refractivity contribution >= 4 is 23.9 Å². The first kappa shape index (κ1) is 23.5. The third-order valence-electron chi connectivity index (χ3n) is 6.78. The van der Waals surface area contributed by atoms with E-state index in [0.717, 1.165) is 22.3 Å². The van der Waals surface area contributed by atoms with Gasteiger partial charge in [0.05, 0.1) is 27.7 Å². The molecule has 5 rings (SSSR count). The molecule has 0 spiro atoms. The Balaban J connectivity index is 1.96. The van der Waals surface area contributed by atoms with Crippen molar-refractivity contribution in [1.82, 2.24) is 0 Å². The van der Waals surface area contributed by atoms with Crippen molar-refractivity contribution in [2.24, 2.45) is 0 Å². The van der Waals surface area contributed by atoms with Crippen LogP contribution >= 0.6 is 0 Å². The molecule has 4 N–H and O–H groups in total. The molecule has 0 aliphatic heterocycles. The third-order valence-corrected chi connectivity index (χ3v) is 6.78. The van der Waals surface area contributed by atoms with E-state index >= 15 is 0 Å². The summed E-state index contributed by atoms with van der Waals surface area (Å²) in [5, 5.41) is 38.8. The van der Waals surface area contributed by atoms with Gasteiger partial charge < -0.3 is 20.4 Å². The van der Waals surface area contributed by atoms with Gasteiger partial charge in [-0.05, 0) is 57.6 Å². The second-order valence-corrected chi connectivity index (χ2v) is 8.58. The van der Waals surface area contributed by atoms with E-state index in [9.17, 15) is 39.6 Å². The summed E-state index contributed by atoms with van der Waals surface area (Å²) in [6, 6.07) is 22.8. The van der Waals surface area contributed by atoms with E-state index < -0.39 is 51.5 Å². The summed E-state index contributed by atoms with van der Waals surface area (Å²) in [4.78, 5) is 47.6. The quantitative estimate of drug-likeness (QED) is 0.262. The van der Waals surface area contributed by atoms with Crippen LogP contribution in [0.25, 0.3) is 11.1 Å². The Morgan fingerprint density at radius 1 is 0.459 bits per heavy atom. The fraction of sp³-hybridized carbons (Fsp3) is 0.0345. The number of hydrogen-bond acceptors (Lipinski definition) is 4. The number of hydrogen-bond donors (Lipinski definition) is 4. The number of carboxylic acids is 4. The Hall–Kier alpha value is -5.24. The Morgan fingerprint density at radius 3 is 1.16 bits per heavy atom. The molecule has 0 atom stereocenters. The smallest absolute Gasteiger partial charge is 0.336 e. The zero-order chi connectivity index (χ0) is 26.5. The third kappa shape index (κ3) is 3.38. The first-order valence-electron chi connectivity index (χ1n) is 11.1. The van der Waals surface area contributed by atoms with Crippen molar-refractivity contribution in [1.29, 1.82) is 0 Å². The summed E-state index contributed by atoms with van der Waals surface area (Å²) in [5.41, 5.74) is 1.00. The van der Waals surface area contributed by atoms with Crippen LogP contribution in [0, 0.1) is 0 Å². The van der Waals surface area contributed by atoms with Crippen molar-refractivity contribution < 1.29 is 39.6 Å². The highest BCUT2D eigenvalue weighted by Gasteiger charge is 2.47. The van der Waals surface area contributed by atoms with Gasteiger partial charge in [0.25, 0.3) is 0 Å². The highest BCUT2D eigenvalue weighted by atomic mass is 16.4. The second kappa shape index (κ2) is 8.46. The van der Waals surface area contributed by atoms with Gasteiger partial charge in [-0.1, -0.05) is 60.7 Å². The molecule has 8 heteroatoms. The van der Waals surface area contributed by atoms with Crippen LogP contribution in [0.4, 0.5) is 0 Å². The number of rotatable bonds is 6. The Morgan fingerprint density at radius 2 is 0.811 bits per heavy atom. The molecule has 4 aromatic rings. The van der Waals surface area contributed by atoms with Crippen LogP contribution in [0.2, 0.25) is 0 Å². The van der Waals surface area contributed by atoms with Crippen LogP contribution in [0.15, 0.2) is 84.9 Å². The lowest BCUT2D eigenvalue weighted by Gasteiger charge is -2.34. The zero-order valence-electron chi connectivity index (χ0n) is 19.0. The van der Waals surface area contributed by atoms with E-state index in [0.29, 0.717) is 11.1 Å². The molecule has 1 aliphatic rings. The zero-order valence-corrected chi connectivity index (χ0v) is 19.0. The molecule has 0 fully saturated rings. The van der Waals surface area contributed by atoms with Crippen molar-refractivity contribution in [2.45, 2.75) is 5.41 Å². The average Bonchev–Trinajstić information content (AvgIpc) is 3.19. The summed E-state index contributed by atoms with van der Waals surface area (Å²) >= 11 is 0. The summed E-state index contributed by atoms with van der Waals surface area (Å²) in [5.74, 6) is -5.66. The van der Waals surface area contributed by atoms with E-state index in [-0.39, 0.29) is 0 Å². The van der Waals surface area contributed by atoms with Gasteiger partial charge in [0, 0.05) is 0 Å². The summed E-state index contributed by atoms with van der Waals surface area (Å²) in [6.45, 7) is 0. The predicted molar refractivity (Wildman–Crippen MR) is 132 cm³/mol. The fourth-order valence-electron chi connectivity index (χ4n) is 5.31. The minimum Gasteiger partial charge on any atom is -0.478 e. The Bertz CT molecular complexity index is 1530. The van der Waals surface area contributed by atoms with Gasteiger partial charge in [0.1, 0.15) is 0 Å². The second-order valence-electron chi connectivity index (χ2n) is 8.58. The number of benzene rings is 4. The molecule has 0 saturated heterocycles. The summed E-state index contributed by atoms with van der Waals surface area (Å²) in [7, 11) is 0. The van der Waals surface area contributed by atoms with Crippen LogP contribution in [-0.2, 0) is 5.41 Å². The number of fused-ring (bicyclic) bond motifs is 3. The van der Waals surface area contributed by atoms with Gasteiger partial charge in [0.2, 0.25) is 0 Å². The van der Waals surface area contributed by atoms with E-state index in [4.69, 9.17) is 0 Å². The molecule has 37 heavy (non-hydrogen) atoms. The van der Waals surface area contributed by atoms with Gasteiger partial charge in [-0.25, -0.2) is 19.2 Å². The van der Waals surface area contributed by atoms with Crippen LogP contribution in [-0.4, -0.2) is 44.3 Å². The van der Waals surface area contributed by atoms with E-state index in [1.165, 1.54) is 36.4 Å². The molecule has 0 saturated carbocycles. The van der Waals surface area contributed by atoms with Gasteiger partial charge in [0.15, 0.2) is 0 Å². The van der Waals surface area contributed by atoms with Gasteiger partial charge >= 0.3 is 23.9 Å². The molecule has 0 unspecified atom stereocenters. The average molecular weight is 494 g/mol. The topological polar surface area (TPSA) is 149 Å². The van der Waals surface area contributed by atoms with Gasteiger partial charge in [-0.2, -0.15) is 0 Å². The maximum Gasteiger partial charge on any atom is 0.336 e. The van der Waals surface area contributed by atoms with Gasteiger partial charge in [-0.3, -0.25) is 0 Å². The highest BCUT2D eigenvalue weighted by Crippen LogP contribution is 2.56. The summed E-state index contributed by atoms with van der Waals surface area (Å²) in [6.07, 6.45) is 0. The minimum absolute atomic E-state index is 0.390. The van der Waals surface area contributed by atoms with Crippen LogP contribution < -0.4 is 0 Å². The lowest BCUT2D eigenvalue weighted by atomic mass is 9.67. The van der Waals surface area contributed by atoms with Gasteiger partial charge in [-0.15, -0.1) is 0 Å². The maximum absolute atomic E-state index is 12.1. The van der Waals surface area contributed by atoms with Crippen LogP contribution in [0.5, 0.6) is 0 Å². The Labute approximate surface area is 209 Å². The molecule has 0 aromatic heterocycles. The van der Waals surface area contributed by atoms with E-state index in [1.807, 2.05) is 36.4 Å². The minimum atomic E-state index is -1.43. The molecule has 182 valence electrons. The van der Waals surface area contributed by atoms with Crippen molar-refractivity contribution in [3.63, 3.8) is 0 Å². The van der Waals surface area contributed by atoms with Crippen LogP contribution in [0.3, 0.4) is 0 Å². The monoisotopic (exact) mass is 494 g/mol. The highest BCUT2D eigenvalue weighted by molar-refractivity contribution is 6.03. The van der Waals surface area contributed by atoms with E-state index in [1.54, 1.807) is 12.1 Å². The molecule has 8 nitrogen and oxygen atoms in total. The fourth-order valence-corrected chi connectivity index (χ4v) is 5.31. The lowest BCUT2D eigenvalue weighted by Crippen LogP contribution is -2.30. The summed E-state index contributed by atoms with van der Waals surface area (Å²) < 4.78 is 0. The van der Waals surface area contributed by atoms with Crippen molar-refractivity contribution in [2.75, 3.05) is 0 Å². The normalized spacial score (nSPS) is 12.9. The number of carboxylic acid groups (broad SMARTS) is 4. The number of carbonyl (C=O) groups is 4. The molecular weight excluding hydrogens is 476 g/mol. The number of aromatic carboxylic acids is 4. The molecule has 0 bridgehead atoms. The van der Waals surface area contributed by atoms with Crippen LogP contribution in [0.1, 0.15) is 63.7 Å². The standard InChI is InChI=1S/C29H18O8/c30-25(31)19-11-9-15(13-21(19)27(34)35)29(16-10-12-20(26(32)33)22(14-16)28(36)37)23-7-3-1-5-17(23)18-6-2-4-8-24(18)29/h1-14H,(H,30,31)(H,32,33)(H,34,35)(H,36,37). The molecule has 4 aromatic carbocycles. The van der Waals surface area contributed by atoms with Crippen molar-refractivity contribution in [3.05, 3.63) is 129 Å². The lowest BCUT2D eigenvalue weighted by molar-refractivity contribution is 0.0651. The SMILES string of the molecule is O=C(O)c1ccc(C2(c3ccc(C(=O)O)c(C(=O)O)c3)c3ccccc3-c3ccccc32)cc1C(=O)O. The molecule has 0 amide bonds. The first-order valence-corrected chi connectivity index (χ1v) is 11.1. The molecule has 0 radical (unpaired) electrons. The molecular formula is C29H18O8. The Kier molecular flexibility index (Phi) is 5.37. The predicted octanol–water partition coefficient (Wildman–Crippen LogP) is 4.84. The first-order chi connectivity index (χ1) is 17.7.